The van der Waals surface area contributed by atoms with E-state index in [9.17, 15) is 14.0 Å². The number of nitrogens with zero attached hydrogens (tertiary/aromatic N) is 1. The Balaban J connectivity index is 1.39. The van der Waals surface area contributed by atoms with Crippen LogP contribution in [0.1, 0.15) is 48.2 Å². The first-order chi connectivity index (χ1) is 12.6. The Kier molecular flexibility index (Phi) is 4.94. The van der Waals surface area contributed by atoms with E-state index in [-0.39, 0.29) is 18.3 Å². The standard InChI is InChI=1S/C20H22FNO3S/c21-15-7-8-17-14(10-15)11-18(26-17)20(24)25-12-19(23)22-9-3-5-13-4-1-2-6-16(13)22/h7-8,10-11,13,16H,1-6,9,12H2/t13-,16-/m1/s1. The number of rotatable bonds is 3. The van der Waals surface area contributed by atoms with Gasteiger partial charge in [-0.25, -0.2) is 9.18 Å². The maximum Gasteiger partial charge on any atom is 0.348 e. The highest BCUT2D eigenvalue weighted by Crippen LogP contribution is 2.35. The van der Waals surface area contributed by atoms with Crippen LogP contribution in [0.3, 0.4) is 0 Å². The number of thiophene rings is 1. The van der Waals surface area contributed by atoms with E-state index < -0.39 is 5.97 Å². The molecule has 1 saturated carbocycles. The van der Waals surface area contributed by atoms with E-state index in [0.29, 0.717) is 22.2 Å². The van der Waals surface area contributed by atoms with Crippen molar-refractivity contribution in [1.29, 1.82) is 0 Å². The lowest BCUT2D eigenvalue weighted by molar-refractivity contribution is -0.140. The van der Waals surface area contributed by atoms with Gasteiger partial charge in [0.15, 0.2) is 6.61 Å². The number of fused-ring (bicyclic) bond motifs is 2. The van der Waals surface area contributed by atoms with Crippen LogP contribution in [0.25, 0.3) is 10.1 Å². The molecule has 4 rings (SSSR count). The van der Waals surface area contributed by atoms with Crippen molar-refractivity contribution in [3.05, 3.63) is 35.0 Å². The van der Waals surface area contributed by atoms with Crippen LogP contribution < -0.4 is 0 Å². The van der Waals surface area contributed by atoms with E-state index in [1.54, 1.807) is 12.1 Å². The quantitative estimate of drug-likeness (QED) is 0.748. The lowest BCUT2D eigenvalue weighted by Crippen LogP contribution is -2.50. The van der Waals surface area contributed by atoms with Crippen molar-refractivity contribution >= 4 is 33.3 Å². The molecule has 2 fully saturated rings. The molecule has 0 N–H and O–H groups in total. The third-order valence-corrected chi connectivity index (χ3v) is 6.67. The molecule has 2 aliphatic rings. The third kappa shape index (κ3) is 3.47. The summed E-state index contributed by atoms with van der Waals surface area (Å²) in [4.78, 5) is 27.2. The van der Waals surface area contributed by atoms with Crippen LogP contribution in [-0.2, 0) is 9.53 Å². The number of likely N-dealkylation sites (tertiary alicyclic amines) is 1. The van der Waals surface area contributed by atoms with Crippen LogP contribution in [0, 0.1) is 11.7 Å². The molecule has 1 aromatic heterocycles. The van der Waals surface area contributed by atoms with E-state index >= 15 is 0 Å². The predicted octanol–water partition coefficient (Wildman–Crippen LogP) is 4.38. The van der Waals surface area contributed by atoms with Crippen molar-refractivity contribution < 1.29 is 18.7 Å². The summed E-state index contributed by atoms with van der Waals surface area (Å²) in [6.45, 7) is 0.546. The van der Waals surface area contributed by atoms with Crippen molar-refractivity contribution in [3.63, 3.8) is 0 Å². The molecule has 0 bridgehead atoms. The van der Waals surface area contributed by atoms with Crippen molar-refractivity contribution in [2.45, 2.75) is 44.6 Å². The molecule has 1 aliphatic heterocycles. The monoisotopic (exact) mass is 375 g/mol. The van der Waals surface area contributed by atoms with Gasteiger partial charge in [0, 0.05) is 17.3 Å². The first kappa shape index (κ1) is 17.5. The van der Waals surface area contributed by atoms with Gasteiger partial charge >= 0.3 is 5.97 Å². The summed E-state index contributed by atoms with van der Waals surface area (Å²) in [7, 11) is 0. The van der Waals surface area contributed by atoms with E-state index in [4.69, 9.17) is 4.74 Å². The summed E-state index contributed by atoms with van der Waals surface area (Å²) >= 11 is 1.25. The van der Waals surface area contributed by atoms with Crippen LogP contribution in [0.2, 0.25) is 0 Å². The van der Waals surface area contributed by atoms with Gasteiger partial charge in [0.1, 0.15) is 10.7 Å². The van der Waals surface area contributed by atoms with Crippen molar-refractivity contribution in [1.82, 2.24) is 4.90 Å². The molecule has 4 nitrogen and oxygen atoms in total. The first-order valence-electron chi connectivity index (χ1n) is 9.27. The number of halogens is 1. The molecule has 2 atom stereocenters. The van der Waals surface area contributed by atoms with Crippen LogP contribution in [0.5, 0.6) is 0 Å². The smallest absolute Gasteiger partial charge is 0.348 e. The Bertz CT molecular complexity index is 832. The zero-order chi connectivity index (χ0) is 18.1. The Labute approximate surface area is 155 Å². The fourth-order valence-electron chi connectivity index (χ4n) is 4.33. The fourth-order valence-corrected chi connectivity index (χ4v) is 5.27. The predicted molar refractivity (Wildman–Crippen MR) is 98.8 cm³/mol. The fraction of sp³-hybridized carbons (Fsp3) is 0.500. The van der Waals surface area contributed by atoms with E-state index in [2.05, 4.69) is 0 Å². The summed E-state index contributed by atoms with van der Waals surface area (Å²) in [6, 6.07) is 6.34. The number of benzene rings is 1. The normalized spacial score (nSPS) is 22.9. The maximum atomic E-state index is 13.3. The lowest BCUT2D eigenvalue weighted by atomic mass is 9.78. The number of carbonyl (C=O) groups is 2. The van der Waals surface area contributed by atoms with Gasteiger partial charge in [0.25, 0.3) is 5.91 Å². The van der Waals surface area contributed by atoms with Crippen LogP contribution in [0.15, 0.2) is 24.3 Å². The number of ether oxygens (including phenoxy) is 1. The number of hydrogen-bond donors (Lipinski definition) is 0. The van der Waals surface area contributed by atoms with Gasteiger partial charge < -0.3 is 9.64 Å². The van der Waals surface area contributed by atoms with Gasteiger partial charge in [-0.2, -0.15) is 0 Å². The van der Waals surface area contributed by atoms with Gasteiger partial charge in [-0.15, -0.1) is 11.3 Å². The molecule has 138 valence electrons. The second-order valence-corrected chi connectivity index (χ2v) is 8.29. The van der Waals surface area contributed by atoms with Gasteiger partial charge in [-0.05, 0) is 61.3 Å². The molecule has 0 radical (unpaired) electrons. The molecule has 1 amide bonds. The second-order valence-electron chi connectivity index (χ2n) is 7.21. The molecule has 26 heavy (non-hydrogen) atoms. The molecule has 0 unspecified atom stereocenters. The number of piperidine rings is 1. The van der Waals surface area contributed by atoms with E-state index in [1.165, 1.54) is 49.2 Å². The summed E-state index contributed by atoms with van der Waals surface area (Å²) in [5.41, 5.74) is 0. The third-order valence-electron chi connectivity index (χ3n) is 5.57. The SMILES string of the molecule is O=C(OCC(=O)N1CCC[C@H]2CCCC[C@H]21)c1cc2cc(F)ccc2s1. The van der Waals surface area contributed by atoms with E-state index in [0.717, 1.165) is 24.1 Å². The van der Waals surface area contributed by atoms with E-state index in [1.807, 2.05) is 4.90 Å². The maximum absolute atomic E-state index is 13.3. The molecule has 2 aromatic rings. The number of amides is 1. The average Bonchev–Trinajstić information content (AvgIpc) is 3.08. The molecule has 6 heteroatoms. The molecule has 0 spiro atoms. The number of esters is 1. The molecular weight excluding hydrogens is 353 g/mol. The number of hydrogen-bond acceptors (Lipinski definition) is 4. The van der Waals surface area contributed by atoms with Gasteiger partial charge in [0.2, 0.25) is 0 Å². The Morgan fingerprint density at radius 3 is 2.85 bits per heavy atom. The molecule has 1 aliphatic carbocycles. The molecular formula is C20H22FNO3S. The lowest BCUT2D eigenvalue weighted by Gasteiger charge is -2.44. The zero-order valence-corrected chi connectivity index (χ0v) is 15.4. The number of carbonyl (C=O) groups excluding carboxylic acids is 2. The van der Waals surface area contributed by atoms with Gasteiger partial charge in [0.05, 0.1) is 0 Å². The zero-order valence-electron chi connectivity index (χ0n) is 14.6. The van der Waals surface area contributed by atoms with Crippen molar-refractivity contribution in [2.75, 3.05) is 13.2 Å². The minimum atomic E-state index is -0.517. The summed E-state index contributed by atoms with van der Waals surface area (Å²) in [5, 5.41) is 0.675. The Morgan fingerprint density at radius 2 is 1.96 bits per heavy atom. The molecule has 1 aromatic carbocycles. The summed E-state index contributed by atoms with van der Waals surface area (Å²) in [5.74, 6) is -0.341. The van der Waals surface area contributed by atoms with Crippen LogP contribution >= 0.6 is 11.3 Å². The topological polar surface area (TPSA) is 46.6 Å². The minimum absolute atomic E-state index is 0.0953. The highest BCUT2D eigenvalue weighted by molar-refractivity contribution is 7.20. The van der Waals surface area contributed by atoms with Gasteiger partial charge in [-0.1, -0.05) is 12.8 Å². The summed E-state index contributed by atoms with van der Waals surface area (Å²) in [6.07, 6.45) is 6.92. The first-order valence-corrected chi connectivity index (χ1v) is 10.1. The molecule has 1 saturated heterocycles. The summed E-state index contributed by atoms with van der Waals surface area (Å²) < 4.78 is 19.4. The minimum Gasteiger partial charge on any atom is -0.451 e. The van der Waals surface area contributed by atoms with Crippen LogP contribution in [-0.4, -0.2) is 36.0 Å². The Hall–Kier alpha value is -1.95. The highest BCUT2D eigenvalue weighted by atomic mass is 32.1. The van der Waals surface area contributed by atoms with Gasteiger partial charge in [-0.3, -0.25) is 4.79 Å². The highest BCUT2D eigenvalue weighted by Gasteiger charge is 2.35. The largest absolute Gasteiger partial charge is 0.451 e. The van der Waals surface area contributed by atoms with Crippen molar-refractivity contribution in [2.24, 2.45) is 5.92 Å². The average molecular weight is 375 g/mol. The van der Waals surface area contributed by atoms with Crippen molar-refractivity contribution in [3.8, 4) is 0 Å². The van der Waals surface area contributed by atoms with Crippen LogP contribution in [0.4, 0.5) is 4.39 Å². The Morgan fingerprint density at radius 1 is 1.15 bits per heavy atom. The second kappa shape index (κ2) is 7.35. The molecule has 2 heterocycles.